The van der Waals surface area contributed by atoms with Crippen molar-refractivity contribution in [2.45, 2.75) is 20.3 Å². The summed E-state index contributed by atoms with van der Waals surface area (Å²) < 4.78 is 0. The van der Waals surface area contributed by atoms with Gasteiger partial charge < -0.3 is 10.2 Å². The zero-order valence-corrected chi connectivity index (χ0v) is 16.0. The average molecular weight is 400 g/mol. The minimum atomic E-state index is -0.270. The highest BCUT2D eigenvalue weighted by atomic mass is 35.5. The van der Waals surface area contributed by atoms with E-state index in [4.69, 9.17) is 34.8 Å². The summed E-state index contributed by atoms with van der Waals surface area (Å²) in [5, 5.41) is 4.13. The molecule has 0 atom stereocenters. The summed E-state index contributed by atoms with van der Waals surface area (Å²) in [7, 11) is 0. The zero-order valence-electron chi connectivity index (χ0n) is 13.8. The lowest BCUT2D eigenvalue weighted by Gasteiger charge is -2.21. The molecule has 132 valence electrons. The number of hydrogen-bond donors (Lipinski definition) is 1. The molecule has 0 aliphatic carbocycles. The van der Waals surface area contributed by atoms with E-state index < -0.39 is 0 Å². The Kier molecular flexibility index (Phi) is 6.71. The van der Waals surface area contributed by atoms with Gasteiger partial charge in [0.15, 0.2) is 0 Å². The Balaban J connectivity index is 2.05. The molecule has 4 nitrogen and oxygen atoms in total. The van der Waals surface area contributed by atoms with Crippen LogP contribution in [0.5, 0.6) is 0 Å². The third-order valence-electron chi connectivity index (χ3n) is 3.61. The molecule has 2 aromatic carbocycles. The number of amides is 2. The quantitative estimate of drug-likeness (QED) is 0.738. The van der Waals surface area contributed by atoms with E-state index in [1.807, 2.05) is 13.0 Å². The molecule has 25 heavy (non-hydrogen) atoms. The fraction of sp³-hybridized carbons (Fsp3) is 0.222. The number of halogens is 3. The van der Waals surface area contributed by atoms with E-state index in [0.29, 0.717) is 26.4 Å². The van der Waals surface area contributed by atoms with Gasteiger partial charge in [-0.3, -0.25) is 9.59 Å². The molecule has 2 rings (SSSR count). The number of benzene rings is 2. The Bertz CT molecular complexity index is 809. The van der Waals surface area contributed by atoms with E-state index in [1.54, 1.807) is 30.3 Å². The SMILES string of the molecule is CC(=O)N(CCC(=O)Nc1cc(Cl)ccc1Cl)c1ccc(C)c(Cl)c1. The van der Waals surface area contributed by atoms with Crippen LogP contribution in [-0.4, -0.2) is 18.4 Å². The second kappa shape index (κ2) is 8.56. The van der Waals surface area contributed by atoms with Crippen molar-refractivity contribution in [3.8, 4) is 0 Å². The molecule has 0 aliphatic heterocycles. The van der Waals surface area contributed by atoms with E-state index in [0.717, 1.165) is 5.56 Å². The number of carbonyl (C=O) groups is 2. The maximum atomic E-state index is 12.2. The summed E-state index contributed by atoms with van der Waals surface area (Å²) in [5.74, 6) is -0.442. The van der Waals surface area contributed by atoms with Gasteiger partial charge in [-0.1, -0.05) is 40.9 Å². The highest BCUT2D eigenvalue weighted by molar-refractivity contribution is 6.35. The predicted octanol–water partition coefficient (Wildman–Crippen LogP) is 5.34. The molecule has 1 N–H and O–H groups in total. The Morgan fingerprint density at radius 2 is 1.76 bits per heavy atom. The highest BCUT2D eigenvalue weighted by Gasteiger charge is 2.15. The molecule has 0 unspecified atom stereocenters. The first kappa shape index (κ1) is 19.6. The smallest absolute Gasteiger partial charge is 0.226 e. The summed E-state index contributed by atoms with van der Waals surface area (Å²) in [6.07, 6.45) is 0.105. The van der Waals surface area contributed by atoms with E-state index in [-0.39, 0.29) is 24.8 Å². The molecule has 0 aliphatic rings. The predicted molar refractivity (Wildman–Crippen MR) is 104 cm³/mol. The summed E-state index contributed by atoms with van der Waals surface area (Å²) in [6.45, 7) is 3.55. The second-order valence-corrected chi connectivity index (χ2v) is 6.78. The molecule has 0 fully saturated rings. The minimum Gasteiger partial charge on any atom is -0.325 e. The van der Waals surface area contributed by atoms with Crippen LogP contribution in [0.2, 0.25) is 15.1 Å². The van der Waals surface area contributed by atoms with Crippen LogP contribution in [0.3, 0.4) is 0 Å². The van der Waals surface area contributed by atoms with Crippen molar-refractivity contribution in [1.29, 1.82) is 0 Å². The molecule has 0 radical (unpaired) electrons. The van der Waals surface area contributed by atoms with E-state index in [9.17, 15) is 9.59 Å². The van der Waals surface area contributed by atoms with Gasteiger partial charge in [-0.05, 0) is 42.8 Å². The minimum absolute atomic E-state index is 0.105. The fourth-order valence-electron chi connectivity index (χ4n) is 2.24. The Morgan fingerprint density at radius 3 is 2.40 bits per heavy atom. The van der Waals surface area contributed by atoms with E-state index in [2.05, 4.69) is 5.32 Å². The molecular weight excluding hydrogens is 383 g/mol. The van der Waals surface area contributed by atoms with Crippen LogP contribution < -0.4 is 10.2 Å². The first-order chi connectivity index (χ1) is 11.8. The number of hydrogen-bond acceptors (Lipinski definition) is 2. The van der Waals surface area contributed by atoms with Crippen LogP contribution in [-0.2, 0) is 9.59 Å². The maximum Gasteiger partial charge on any atom is 0.226 e. The lowest BCUT2D eigenvalue weighted by Crippen LogP contribution is -2.32. The molecule has 7 heteroatoms. The first-order valence-electron chi connectivity index (χ1n) is 7.57. The van der Waals surface area contributed by atoms with Gasteiger partial charge >= 0.3 is 0 Å². The summed E-state index contributed by atoms with van der Waals surface area (Å²) >= 11 is 18.1. The van der Waals surface area contributed by atoms with Gasteiger partial charge in [0.2, 0.25) is 11.8 Å². The molecular formula is C18H17Cl3N2O2. The van der Waals surface area contributed by atoms with Crippen LogP contribution in [0.25, 0.3) is 0 Å². The molecule has 2 amide bonds. The number of carbonyl (C=O) groups excluding carboxylic acids is 2. The van der Waals surface area contributed by atoms with Crippen molar-refractivity contribution >= 4 is 58.0 Å². The molecule has 0 saturated heterocycles. The van der Waals surface area contributed by atoms with Crippen LogP contribution in [0.1, 0.15) is 18.9 Å². The molecule has 0 saturated carbocycles. The van der Waals surface area contributed by atoms with Crippen molar-refractivity contribution in [2.75, 3.05) is 16.8 Å². The summed E-state index contributed by atoms with van der Waals surface area (Å²) in [6, 6.07) is 10.2. The lowest BCUT2D eigenvalue weighted by atomic mass is 10.2. The van der Waals surface area contributed by atoms with Crippen molar-refractivity contribution < 1.29 is 9.59 Å². The van der Waals surface area contributed by atoms with Gasteiger partial charge in [-0.15, -0.1) is 0 Å². The average Bonchev–Trinajstić information content (AvgIpc) is 2.54. The van der Waals surface area contributed by atoms with Crippen molar-refractivity contribution in [2.24, 2.45) is 0 Å². The Hall–Kier alpha value is -1.75. The summed E-state index contributed by atoms with van der Waals surface area (Å²) in [5.41, 5.74) is 2.01. The zero-order chi connectivity index (χ0) is 18.6. The van der Waals surface area contributed by atoms with Crippen molar-refractivity contribution in [3.63, 3.8) is 0 Å². The van der Waals surface area contributed by atoms with E-state index in [1.165, 1.54) is 11.8 Å². The number of anilines is 2. The highest BCUT2D eigenvalue weighted by Crippen LogP contribution is 2.26. The van der Waals surface area contributed by atoms with Gasteiger partial charge in [-0.25, -0.2) is 0 Å². The number of aryl methyl sites for hydroxylation is 1. The standard InChI is InChI=1S/C18H17Cl3N2O2/c1-11-3-5-14(10-16(11)21)23(12(2)24)8-7-18(25)22-17-9-13(19)4-6-15(17)20/h3-6,9-10H,7-8H2,1-2H3,(H,22,25). The monoisotopic (exact) mass is 398 g/mol. The molecule has 0 aromatic heterocycles. The first-order valence-corrected chi connectivity index (χ1v) is 8.70. The number of nitrogens with one attached hydrogen (secondary N) is 1. The maximum absolute atomic E-state index is 12.2. The van der Waals surface area contributed by atoms with Crippen LogP contribution in [0.15, 0.2) is 36.4 Å². The van der Waals surface area contributed by atoms with Gasteiger partial charge in [0.05, 0.1) is 10.7 Å². The third-order valence-corrected chi connectivity index (χ3v) is 4.58. The fourth-order valence-corrected chi connectivity index (χ4v) is 2.75. The van der Waals surface area contributed by atoms with Crippen molar-refractivity contribution in [3.05, 3.63) is 57.0 Å². The van der Waals surface area contributed by atoms with Gasteiger partial charge in [0.1, 0.15) is 0 Å². The normalized spacial score (nSPS) is 10.4. The topological polar surface area (TPSA) is 49.4 Å². The number of nitrogens with zero attached hydrogens (tertiary/aromatic N) is 1. The van der Waals surface area contributed by atoms with Crippen LogP contribution in [0.4, 0.5) is 11.4 Å². The largest absolute Gasteiger partial charge is 0.325 e. The van der Waals surface area contributed by atoms with Crippen LogP contribution in [0, 0.1) is 6.92 Å². The third kappa shape index (κ3) is 5.36. The van der Waals surface area contributed by atoms with Gasteiger partial charge in [-0.2, -0.15) is 0 Å². The summed E-state index contributed by atoms with van der Waals surface area (Å²) in [4.78, 5) is 25.6. The molecule has 0 spiro atoms. The lowest BCUT2D eigenvalue weighted by molar-refractivity contribution is -0.117. The Morgan fingerprint density at radius 1 is 1.04 bits per heavy atom. The number of rotatable bonds is 5. The van der Waals surface area contributed by atoms with Gasteiger partial charge in [0, 0.05) is 35.6 Å². The van der Waals surface area contributed by atoms with Crippen molar-refractivity contribution in [1.82, 2.24) is 0 Å². The van der Waals surface area contributed by atoms with E-state index >= 15 is 0 Å². The molecule has 0 heterocycles. The van der Waals surface area contributed by atoms with Crippen LogP contribution >= 0.6 is 34.8 Å². The van der Waals surface area contributed by atoms with Gasteiger partial charge in [0.25, 0.3) is 0 Å². The molecule has 2 aromatic rings. The second-order valence-electron chi connectivity index (χ2n) is 5.53. The molecule has 0 bridgehead atoms. The Labute approximate surface area is 161 Å².